The molecule has 3 N–H and O–H groups in total. The highest BCUT2D eigenvalue weighted by Crippen LogP contribution is 2.35. The van der Waals surface area contributed by atoms with Gasteiger partial charge in [0.15, 0.2) is 0 Å². The summed E-state index contributed by atoms with van der Waals surface area (Å²) in [4.78, 5) is 26.5. The van der Waals surface area contributed by atoms with E-state index in [0.717, 1.165) is 11.3 Å². The lowest BCUT2D eigenvalue weighted by atomic mass is 9.88. The number of carboxylic acids is 1. The number of aromatic nitrogens is 1. The fourth-order valence-corrected chi connectivity index (χ4v) is 4.80. The van der Waals surface area contributed by atoms with E-state index in [4.69, 9.17) is 0 Å². The fraction of sp³-hybridized carbons (Fsp3) is 0.250. The average molecular weight is 436 g/mol. The van der Waals surface area contributed by atoms with Crippen molar-refractivity contribution in [1.29, 1.82) is 0 Å². The predicted molar refractivity (Wildman–Crippen MR) is 114 cm³/mol. The molecule has 32 heavy (non-hydrogen) atoms. The largest absolute Gasteiger partial charge is 0.480 e. The molecule has 2 atom stereocenters. The molecule has 0 radical (unpaired) electrons. The zero-order chi connectivity index (χ0) is 22.6. The number of hydrogen-bond acceptors (Lipinski definition) is 4. The van der Waals surface area contributed by atoms with Crippen LogP contribution in [0, 0.1) is 5.82 Å². The summed E-state index contributed by atoms with van der Waals surface area (Å²) >= 11 is 0. The maximum absolute atomic E-state index is 14.0. The van der Waals surface area contributed by atoms with E-state index in [1.807, 2.05) is 0 Å². The number of fused-ring (bicyclic) bond motifs is 4. The van der Waals surface area contributed by atoms with E-state index in [1.165, 1.54) is 18.2 Å². The van der Waals surface area contributed by atoms with Crippen LogP contribution in [-0.2, 0) is 24.3 Å². The zero-order valence-electron chi connectivity index (χ0n) is 17.0. The van der Waals surface area contributed by atoms with Crippen LogP contribution in [0.1, 0.15) is 38.8 Å². The van der Waals surface area contributed by atoms with Gasteiger partial charge in [-0.1, -0.05) is 24.3 Å². The van der Waals surface area contributed by atoms with E-state index in [-0.39, 0.29) is 19.0 Å². The van der Waals surface area contributed by atoms with Crippen LogP contribution in [0.5, 0.6) is 0 Å². The predicted octanol–water partition coefficient (Wildman–Crippen LogP) is 2.48. The Morgan fingerprint density at radius 1 is 1.16 bits per heavy atom. The Morgan fingerprint density at radius 3 is 2.75 bits per heavy atom. The van der Waals surface area contributed by atoms with Crippen molar-refractivity contribution >= 4 is 28.9 Å². The van der Waals surface area contributed by atoms with Crippen LogP contribution in [-0.4, -0.2) is 49.3 Å². The summed E-state index contributed by atoms with van der Waals surface area (Å²) in [7, 11) is 0. The third-order valence-corrected chi connectivity index (χ3v) is 6.26. The average Bonchev–Trinajstić information content (AvgIpc) is 3.07. The number of carboxylic acid groups (broad SMARTS) is 1. The first-order valence-corrected chi connectivity index (χ1v) is 10.3. The van der Waals surface area contributed by atoms with Crippen LogP contribution in [0.15, 0.2) is 42.5 Å². The molecule has 2 aliphatic rings. The number of hydrogen-bond donors (Lipinski definition) is 3. The van der Waals surface area contributed by atoms with Crippen molar-refractivity contribution in [2.45, 2.75) is 31.7 Å². The second kappa shape index (κ2) is 7.58. The Hall–Kier alpha value is -3.49. The fourth-order valence-electron chi connectivity index (χ4n) is 4.80. The van der Waals surface area contributed by atoms with E-state index in [0.29, 0.717) is 40.6 Å². The first-order valence-electron chi connectivity index (χ1n) is 10.3. The topological polar surface area (TPSA) is 103 Å². The number of aliphatic hydroxyl groups excluding tert-OH is 2. The van der Waals surface area contributed by atoms with Crippen LogP contribution in [0.4, 0.5) is 4.39 Å². The molecule has 0 saturated carbocycles. The number of benzene rings is 2. The number of carbonyl (C=O) groups is 2. The van der Waals surface area contributed by atoms with Gasteiger partial charge in [-0.25, -0.2) is 4.39 Å². The minimum absolute atomic E-state index is 0.193. The highest BCUT2D eigenvalue weighted by Gasteiger charge is 2.32. The summed E-state index contributed by atoms with van der Waals surface area (Å²) in [5.41, 5.74) is 3.50. The van der Waals surface area contributed by atoms with Crippen LogP contribution in [0.25, 0.3) is 17.0 Å². The SMILES string of the molecule is O=C(O)Cn1c2c(c3cc(F)ccc31)CN(C(=O)c1cccc3c1[C@@H](O)[C@H](O)C=C3)CC2. The molecule has 7 nitrogen and oxygen atoms in total. The first-order chi connectivity index (χ1) is 15.3. The number of aliphatic hydroxyl groups is 2. The van der Waals surface area contributed by atoms with E-state index in [2.05, 4.69) is 0 Å². The molecule has 0 bridgehead atoms. The molecule has 164 valence electrons. The normalized spacial score (nSPS) is 19.7. The van der Waals surface area contributed by atoms with Crippen LogP contribution in [0.3, 0.4) is 0 Å². The number of carbonyl (C=O) groups excluding carboxylic acids is 1. The number of aliphatic carboxylic acids is 1. The Morgan fingerprint density at radius 2 is 1.97 bits per heavy atom. The Bertz CT molecular complexity index is 1300. The highest BCUT2D eigenvalue weighted by molar-refractivity contribution is 5.98. The van der Waals surface area contributed by atoms with Gasteiger partial charge in [-0.15, -0.1) is 0 Å². The van der Waals surface area contributed by atoms with Crippen molar-refractivity contribution in [1.82, 2.24) is 9.47 Å². The van der Waals surface area contributed by atoms with E-state index in [9.17, 15) is 29.3 Å². The summed E-state index contributed by atoms with van der Waals surface area (Å²) < 4.78 is 15.7. The number of rotatable bonds is 3. The Kier molecular flexibility index (Phi) is 4.83. The highest BCUT2D eigenvalue weighted by atomic mass is 19.1. The summed E-state index contributed by atoms with van der Waals surface area (Å²) in [6.45, 7) is 0.301. The molecule has 0 unspecified atom stereocenters. The molecule has 3 aromatic rings. The molecule has 1 aromatic heterocycles. The maximum atomic E-state index is 14.0. The minimum atomic E-state index is -1.21. The second-order valence-electron chi connectivity index (χ2n) is 8.15. The lowest BCUT2D eigenvalue weighted by Crippen LogP contribution is -2.37. The van der Waals surface area contributed by atoms with E-state index in [1.54, 1.807) is 39.8 Å². The Balaban J connectivity index is 1.55. The number of halogens is 1. The van der Waals surface area contributed by atoms with Gasteiger partial charge in [0.05, 0.1) is 0 Å². The van der Waals surface area contributed by atoms with Crippen LogP contribution < -0.4 is 0 Å². The summed E-state index contributed by atoms with van der Waals surface area (Å²) in [5, 5.41) is 30.5. The zero-order valence-corrected chi connectivity index (χ0v) is 17.0. The third kappa shape index (κ3) is 3.19. The van der Waals surface area contributed by atoms with Gasteiger partial charge in [-0.05, 0) is 29.8 Å². The molecule has 2 heterocycles. The molecule has 8 heteroatoms. The molecule has 0 saturated heterocycles. The maximum Gasteiger partial charge on any atom is 0.323 e. The van der Waals surface area contributed by atoms with Gasteiger partial charge in [0, 0.05) is 52.8 Å². The van der Waals surface area contributed by atoms with Gasteiger partial charge in [-0.2, -0.15) is 0 Å². The Labute approximate surface area is 182 Å². The quantitative estimate of drug-likeness (QED) is 0.586. The van der Waals surface area contributed by atoms with Crippen LogP contribution >= 0.6 is 0 Å². The molecule has 1 aliphatic carbocycles. The second-order valence-corrected chi connectivity index (χ2v) is 8.15. The van der Waals surface area contributed by atoms with Gasteiger partial charge < -0.3 is 24.8 Å². The van der Waals surface area contributed by atoms with Crippen molar-refractivity contribution in [3.8, 4) is 0 Å². The van der Waals surface area contributed by atoms with Crippen molar-refractivity contribution < 1.29 is 29.3 Å². The monoisotopic (exact) mass is 436 g/mol. The van der Waals surface area contributed by atoms with Gasteiger partial charge in [0.25, 0.3) is 5.91 Å². The molecular formula is C24H21FN2O5. The van der Waals surface area contributed by atoms with Gasteiger partial charge in [-0.3, -0.25) is 9.59 Å². The van der Waals surface area contributed by atoms with Crippen molar-refractivity contribution in [2.75, 3.05) is 6.54 Å². The van der Waals surface area contributed by atoms with Crippen molar-refractivity contribution in [3.05, 3.63) is 76.2 Å². The first kappa shape index (κ1) is 20.4. The molecular weight excluding hydrogens is 415 g/mol. The van der Waals surface area contributed by atoms with E-state index < -0.39 is 24.0 Å². The molecule has 0 spiro atoms. The van der Waals surface area contributed by atoms with Crippen molar-refractivity contribution in [3.63, 3.8) is 0 Å². The number of amides is 1. The summed E-state index contributed by atoms with van der Waals surface area (Å²) in [6.07, 6.45) is 1.29. The van der Waals surface area contributed by atoms with Crippen molar-refractivity contribution in [2.24, 2.45) is 0 Å². The van der Waals surface area contributed by atoms with Crippen LogP contribution in [0.2, 0.25) is 0 Å². The minimum Gasteiger partial charge on any atom is -0.480 e. The molecule has 2 aromatic carbocycles. The lowest BCUT2D eigenvalue weighted by Gasteiger charge is -2.31. The molecule has 0 fully saturated rings. The van der Waals surface area contributed by atoms with Gasteiger partial charge in [0.1, 0.15) is 24.6 Å². The summed E-state index contributed by atoms with van der Waals surface area (Å²) in [5.74, 6) is -1.73. The number of nitrogens with zero attached hydrogens (tertiary/aromatic N) is 2. The lowest BCUT2D eigenvalue weighted by molar-refractivity contribution is -0.137. The molecule has 1 aliphatic heterocycles. The smallest absolute Gasteiger partial charge is 0.323 e. The standard InChI is InChI=1S/C24H21FN2O5/c25-14-5-6-18-16(10-14)17-11-26(9-8-19(17)27(18)12-21(29)30)24(32)15-3-1-2-13-4-7-20(28)23(31)22(13)15/h1-7,10,20,23,28,31H,8-9,11-12H2,(H,29,30)/t20-,23+/m1/s1. The molecule has 1 amide bonds. The molecule has 5 rings (SSSR count). The summed E-state index contributed by atoms with van der Waals surface area (Å²) in [6, 6.07) is 9.36. The van der Waals surface area contributed by atoms with E-state index >= 15 is 0 Å². The van der Waals surface area contributed by atoms with Gasteiger partial charge >= 0.3 is 5.97 Å². The third-order valence-electron chi connectivity index (χ3n) is 6.26. The van der Waals surface area contributed by atoms with Gasteiger partial charge in [0.2, 0.25) is 0 Å².